The van der Waals surface area contributed by atoms with Crippen LogP contribution in [0.15, 0.2) is 71.2 Å². The van der Waals surface area contributed by atoms with Crippen LogP contribution in [-0.4, -0.2) is 4.57 Å². The zero-order chi connectivity index (χ0) is 14.4. The first-order valence-electron chi connectivity index (χ1n) is 6.69. The molecule has 0 N–H and O–H groups in total. The number of rotatable bonds is 1. The summed E-state index contributed by atoms with van der Waals surface area (Å²) in [5.74, 6) is 0. The van der Waals surface area contributed by atoms with Crippen molar-refractivity contribution in [3.05, 3.63) is 76.2 Å². The van der Waals surface area contributed by atoms with Gasteiger partial charge in [-0.1, -0.05) is 48.0 Å². The van der Waals surface area contributed by atoms with Crippen LogP contribution in [0.4, 0.5) is 0 Å². The maximum atomic E-state index is 6.20. The summed E-state index contributed by atoms with van der Waals surface area (Å²) in [6.07, 6.45) is 0. The van der Waals surface area contributed by atoms with Gasteiger partial charge < -0.3 is 4.57 Å². The van der Waals surface area contributed by atoms with Crippen LogP contribution in [-0.2, 0) is 0 Å². The van der Waals surface area contributed by atoms with Crippen molar-refractivity contribution in [3.8, 4) is 5.69 Å². The van der Waals surface area contributed by atoms with E-state index in [1.54, 1.807) is 0 Å². The number of hydrogen-bond acceptors (Lipinski definition) is 0. The lowest BCUT2D eigenvalue weighted by Gasteiger charge is -2.10. The van der Waals surface area contributed by atoms with Crippen molar-refractivity contribution in [2.45, 2.75) is 0 Å². The number of fused-ring (bicyclic) bond motifs is 3. The fourth-order valence-corrected chi connectivity index (χ4v) is 3.43. The highest BCUT2D eigenvalue weighted by molar-refractivity contribution is 9.10. The zero-order valence-electron chi connectivity index (χ0n) is 11.1. The summed E-state index contributed by atoms with van der Waals surface area (Å²) in [5.41, 5.74) is 3.42. The Hall–Kier alpha value is -1.77. The van der Waals surface area contributed by atoms with Crippen molar-refractivity contribution < 1.29 is 0 Å². The van der Waals surface area contributed by atoms with E-state index in [-0.39, 0.29) is 0 Å². The van der Waals surface area contributed by atoms with Crippen molar-refractivity contribution in [3.63, 3.8) is 0 Å². The van der Waals surface area contributed by atoms with E-state index in [1.807, 2.05) is 18.2 Å². The highest BCUT2D eigenvalue weighted by Gasteiger charge is 2.13. The number of para-hydroxylation sites is 2. The molecule has 0 spiro atoms. The average molecular weight is 357 g/mol. The Morgan fingerprint density at radius 2 is 1.33 bits per heavy atom. The van der Waals surface area contributed by atoms with E-state index in [9.17, 15) is 0 Å². The van der Waals surface area contributed by atoms with Gasteiger partial charge >= 0.3 is 0 Å². The summed E-state index contributed by atoms with van der Waals surface area (Å²) in [7, 11) is 0. The van der Waals surface area contributed by atoms with Gasteiger partial charge in [0.15, 0.2) is 0 Å². The maximum Gasteiger partial charge on any atom is 0.0619 e. The van der Waals surface area contributed by atoms with Crippen LogP contribution in [0.3, 0.4) is 0 Å². The molecule has 4 rings (SSSR count). The minimum Gasteiger partial charge on any atom is -0.308 e. The molecule has 3 aromatic carbocycles. The summed E-state index contributed by atoms with van der Waals surface area (Å²) in [6.45, 7) is 0. The number of nitrogens with zero attached hydrogens (tertiary/aromatic N) is 1. The molecule has 0 bridgehead atoms. The summed E-state index contributed by atoms with van der Waals surface area (Å²) < 4.78 is 3.28. The van der Waals surface area contributed by atoms with E-state index in [1.165, 1.54) is 21.8 Å². The summed E-state index contributed by atoms with van der Waals surface area (Å²) in [6, 6.07) is 22.8. The Kier molecular flexibility index (Phi) is 3.02. The van der Waals surface area contributed by atoms with Crippen molar-refractivity contribution in [2.24, 2.45) is 0 Å². The van der Waals surface area contributed by atoms with Gasteiger partial charge in [-0.15, -0.1) is 0 Å². The standard InChI is InChI=1S/C18H11BrClN/c19-15-10-9-12(20)11-18(15)21-16-7-3-1-5-13(16)14-6-2-4-8-17(14)21/h1-11H. The molecule has 0 radical (unpaired) electrons. The molecule has 0 fully saturated rings. The van der Waals surface area contributed by atoms with Gasteiger partial charge in [0.25, 0.3) is 0 Å². The molecular weight excluding hydrogens is 346 g/mol. The average Bonchev–Trinajstić information content (AvgIpc) is 2.84. The van der Waals surface area contributed by atoms with Crippen molar-refractivity contribution >= 4 is 49.3 Å². The van der Waals surface area contributed by atoms with Crippen molar-refractivity contribution in [1.29, 1.82) is 0 Å². The lowest BCUT2D eigenvalue weighted by molar-refractivity contribution is 1.17. The molecule has 1 nitrogen and oxygen atoms in total. The van der Waals surface area contributed by atoms with Gasteiger partial charge in [-0.25, -0.2) is 0 Å². The van der Waals surface area contributed by atoms with Crippen LogP contribution < -0.4 is 0 Å². The molecule has 0 aliphatic heterocycles. The number of hydrogen-bond donors (Lipinski definition) is 0. The fraction of sp³-hybridized carbons (Fsp3) is 0. The largest absolute Gasteiger partial charge is 0.308 e. The zero-order valence-corrected chi connectivity index (χ0v) is 13.4. The van der Waals surface area contributed by atoms with Gasteiger partial charge in [-0.3, -0.25) is 0 Å². The van der Waals surface area contributed by atoms with Gasteiger partial charge in [-0.05, 0) is 46.3 Å². The Morgan fingerprint density at radius 1 is 0.762 bits per heavy atom. The smallest absolute Gasteiger partial charge is 0.0619 e. The van der Waals surface area contributed by atoms with E-state index in [2.05, 4.69) is 69.0 Å². The highest BCUT2D eigenvalue weighted by Crippen LogP contribution is 2.35. The van der Waals surface area contributed by atoms with Crippen LogP contribution in [0.1, 0.15) is 0 Å². The minimum atomic E-state index is 0.732. The Labute approximate surface area is 135 Å². The molecule has 0 saturated heterocycles. The summed E-state index contributed by atoms with van der Waals surface area (Å²) >= 11 is 9.85. The molecule has 21 heavy (non-hydrogen) atoms. The van der Waals surface area contributed by atoms with E-state index < -0.39 is 0 Å². The van der Waals surface area contributed by atoms with Gasteiger partial charge in [0.05, 0.1) is 16.7 Å². The second-order valence-corrected chi connectivity index (χ2v) is 6.26. The van der Waals surface area contributed by atoms with Crippen LogP contribution in [0.5, 0.6) is 0 Å². The van der Waals surface area contributed by atoms with Gasteiger partial charge in [0.1, 0.15) is 0 Å². The quantitative estimate of drug-likeness (QED) is 0.382. The molecular formula is C18H11BrClN. The Morgan fingerprint density at radius 3 is 1.95 bits per heavy atom. The first-order chi connectivity index (χ1) is 10.3. The number of aromatic nitrogens is 1. The number of halogens is 2. The third kappa shape index (κ3) is 1.98. The van der Waals surface area contributed by atoms with E-state index in [0.29, 0.717) is 0 Å². The molecule has 102 valence electrons. The van der Waals surface area contributed by atoms with Gasteiger partial charge in [0.2, 0.25) is 0 Å². The van der Waals surface area contributed by atoms with Gasteiger partial charge in [0, 0.05) is 20.3 Å². The molecule has 3 heteroatoms. The molecule has 1 aromatic heterocycles. The van der Waals surface area contributed by atoms with E-state index >= 15 is 0 Å². The topological polar surface area (TPSA) is 4.93 Å². The second-order valence-electron chi connectivity index (χ2n) is 4.97. The fourth-order valence-electron chi connectivity index (χ4n) is 2.84. The molecule has 0 aliphatic rings. The van der Waals surface area contributed by atoms with Crippen LogP contribution in [0.2, 0.25) is 5.02 Å². The molecule has 0 amide bonds. The van der Waals surface area contributed by atoms with Crippen LogP contribution in [0, 0.1) is 0 Å². The first kappa shape index (κ1) is 12.9. The van der Waals surface area contributed by atoms with Gasteiger partial charge in [-0.2, -0.15) is 0 Å². The molecule has 1 heterocycles. The Balaban J connectivity index is 2.23. The van der Waals surface area contributed by atoms with Crippen LogP contribution >= 0.6 is 27.5 Å². The van der Waals surface area contributed by atoms with Crippen molar-refractivity contribution in [2.75, 3.05) is 0 Å². The SMILES string of the molecule is Clc1ccc(Br)c(-n2c3ccccc3c3ccccc32)c1. The normalized spacial score (nSPS) is 11.3. The predicted octanol–water partition coefficient (Wildman–Crippen LogP) is 6.20. The summed E-state index contributed by atoms with van der Waals surface area (Å²) in [4.78, 5) is 0. The number of benzene rings is 3. The maximum absolute atomic E-state index is 6.20. The lowest BCUT2D eigenvalue weighted by Crippen LogP contribution is -1.94. The minimum absolute atomic E-state index is 0.732. The van der Waals surface area contributed by atoms with E-state index in [0.717, 1.165) is 15.2 Å². The van der Waals surface area contributed by atoms with Crippen LogP contribution in [0.25, 0.3) is 27.5 Å². The molecule has 4 aromatic rings. The molecule has 0 aliphatic carbocycles. The molecule has 0 saturated carbocycles. The summed E-state index contributed by atoms with van der Waals surface area (Å²) in [5, 5.41) is 3.23. The molecule has 0 atom stereocenters. The third-order valence-electron chi connectivity index (χ3n) is 3.73. The third-order valence-corrected chi connectivity index (χ3v) is 4.63. The van der Waals surface area contributed by atoms with E-state index in [4.69, 9.17) is 11.6 Å². The Bertz CT molecular complexity index is 918. The predicted molar refractivity (Wildman–Crippen MR) is 93.5 cm³/mol. The monoisotopic (exact) mass is 355 g/mol. The second kappa shape index (κ2) is 4.90. The molecule has 0 unspecified atom stereocenters. The lowest BCUT2D eigenvalue weighted by atomic mass is 10.2. The van der Waals surface area contributed by atoms with Crippen molar-refractivity contribution in [1.82, 2.24) is 4.57 Å². The highest BCUT2D eigenvalue weighted by atomic mass is 79.9. The first-order valence-corrected chi connectivity index (χ1v) is 7.86.